The van der Waals surface area contributed by atoms with Crippen LogP contribution in [-0.2, 0) is 0 Å². The molecule has 18 heavy (non-hydrogen) atoms. The number of halogens is 2. The third kappa shape index (κ3) is 2.96. The van der Waals surface area contributed by atoms with Gasteiger partial charge in [0.05, 0.1) is 17.8 Å². The first-order valence-corrected chi connectivity index (χ1v) is 6.78. The number of carbonyl (C=O) groups excluding carboxylic acids is 1. The maximum Gasteiger partial charge on any atom is 0.319 e. The Morgan fingerprint density at radius 1 is 1.56 bits per heavy atom. The molecule has 0 saturated heterocycles. The van der Waals surface area contributed by atoms with Gasteiger partial charge in [-0.3, -0.25) is 0 Å². The van der Waals surface area contributed by atoms with Gasteiger partial charge >= 0.3 is 6.03 Å². The molecule has 6 heteroatoms. The van der Waals surface area contributed by atoms with E-state index in [1.807, 2.05) is 13.0 Å². The molecule has 1 aromatic rings. The zero-order valence-corrected chi connectivity index (χ0v) is 12.2. The largest absolute Gasteiger partial charge is 0.394 e. The van der Waals surface area contributed by atoms with E-state index in [0.717, 1.165) is 22.9 Å². The van der Waals surface area contributed by atoms with Crippen LogP contribution in [0.25, 0.3) is 0 Å². The number of aliphatic hydroxyl groups excluding tert-OH is 1. The Bertz CT molecular complexity index is 489. The van der Waals surface area contributed by atoms with Gasteiger partial charge in [-0.15, -0.1) is 0 Å². The molecule has 2 rings (SSSR count). The summed E-state index contributed by atoms with van der Waals surface area (Å²) in [5.41, 5.74) is 1.12. The van der Waals surface area contributed by atoms with Gasteiger partial charge in [-0.2, -0.15) is 0 Å². The van der Waals surface area contributed by atoms with Gasteiger partial charge in [0.2, 0.25) is 0 Å². The molecule has 0 aromatic heterocycles. The smallest absolute Gasteiger partial charge is 0.319 e. The molecule has 0 atom stereocenters. The van der Waals surface area contributed by atoms with Crippen LogP contribution in [0.2, 0.25) is 5.02 Å². The molecule has 98 valence electrons. The fraction of sp³-hybridized carbons (Fsp3) is 0.417. The van der Waals surface area contributed by atoms with Crippen molar-refractivity contribution >= 4 is 39.2 Å². The Morgan fingerprint density at radius 3 is 2.78 bits per heavy atom. The summed E-state index contributed by atoms with van der Waals surface area (Å²) in [4.78, 5) is 11.8. The number of benzene rings is 1. The quantitative estimate of drug-likeness (QED) is 0.796. The number of aliphatic hydroxyl groups is 1. The lowest BCUT2D eigenvalue weighted by molar-refractivity contribution is 0.217. The van der Waals surface area contributed by atoms with Crippen LogP contribution in [0.4, 0.5) is 10.5 Å². The van der Waals surface area contributed by atoms with Gasteiger partial charge in [0, 0.05) is 9.50 Å². The predicted molar refractivity (Wildman–Crippen MR) is 75.1 cm³/mol. The molecular weight excluding hydrogens is 320 g/mol. The third-order valence-corrected chi connectivity index (χ3v) is 4.09. The van der Waals surface area contributed by atoms with Gasteiger partial charge in [-0.05, 0) is 53.4 Å². The topological polar surface area (TPSA) is 61.4 Å². The number of aryl methyl sites for hydroxylation is 1. The molecule has 1 fully saturated rings. The molecule has 1 saturated carbocycles. The van der Waals surface area contributed by atoms with Crippen LogP contribution in [0.5, 0.6) is 0 Å². The van der Waals surface area contributed by atoms with Crippen molar-refractivity contribution in [1.29, 1.82) is 0 Å². The SMILES string of the molecule is Cc1cc(Br)c(NC(=O)NC2(CO)CC2)cc1Cl. The molecule has 0 heterocycles. The summed E-state index contributed by atoms with van der Waals surface area (Å²) in [5.74, 6) is 0. The molecule has 0 radical (unpaired) electrons. The summed E-state index contributed by atoms with van der Waals surface area (Å²) in [6.07, 6.45) is 1.62. The fourth-order valence-electron chi connectivity index (χ4n) is 1.61. The van der Waals surface area contributed by atoms with Crippen LogP contribution < -0.4 is 10.6 Å². The molecule has 1 aliphatic rings. The van der Waals surface area contributed by atoms with Crippen molar-refractivity contribution in [2.24, 2.45) is 0 Å². The minimum Gasteiger partial charge on any atom is -0.394 e. The van der Waals surface area contributed by atoms with E-state index < -0.39 is 5.54 Å². The lowest BCUT2D eigenvalue weighted by Crippen LogP contribution is -2.42. The molecule has 0 spiro atoms. The van der Waals surface area contributed by atoms with E-state index in [4.69, 9.17) is 16.7 Å². The highest BCUT2D eigenvalue weighted by Crippen LogP contribution is 2.35. The van der Waals surface area contributed by atoms with E-state index in [1.165, 1.54) is 0 Å². The first-order valence-electron chi connectivity index (χ1n) is 5.61. The Kier molecular flexibility index (Phi) is 3.84. The molecule has 2 amide bonds. The van der Waals surface area contributed by atoms with Gasteiger partial charge in [-0.1, -0.05) is 11.6 Å². The van der Waals surface area contributed by atoms with Gasteiger partial charge < -0.3 is 15.7 Å². The summed E-state index contributed by atoms with van der Waals surface area (Å²) in [5, 5.41) is 15.2. The van der Waals surface area contributed by atoms with Crippen molar-refractivity contribution in [2.75, 3.05) is 11.9 Å². The van der Waals surface area contributed by atoms with Crippen LogP contribution in [0.1, 0.15) is 18.4 Å². The number of nitrogens with one attached hydrogen (secondary N) is 2. The minimum atomic E-state index is -0.426. The molecule has 4 nitrogen and oxygen atoms in total. The summed E-state index contributed by atoms with van der Waals surface area (Å²) in [7, 11) is 0. The van der Waals surface area contributed by atoms with Crippen molar-refractivity contribution in [1.82, 2.24) is 5.32 Å². The monoisotopic (exact) mass is 332 g/mol. The van der Waals surface area contributed by atoms with Gasteiger partial charge in [0.15, 0.2) is 0 Å². The second kappa shape index (κ2) is 5.07. The molecule has 0 aliphatic heterocycles. The number of amides is 2. The Morgan fingerprint density at radius 2 is 2.22 bits per heavy atom. The van der Waals surface area contributed by atoms with Gasteiger partial charge in [0.1, 0.15) is 0 Å². The predicted octanol–water partition coefficient (Wildman–Crippen LogP) is 3.06. The van der Waals surface area contributed by atoms with Crippen LogP contribution in [0, 0.1) is 6.92 Å². The van der Waals surface area contributed by atoms with E-state index in [2.05, 4.69) is 26.6 Å². The zero-order chi connectivity index (χ0) is 13.3. The highest BCUT2D eigenvalue weighted by molar-refractivity contribution is 9.10. The number of urea groups is 1. The van der Waals surface area contributed by atoms with Crippen molar-refractivity contribution in [3.8, 4) is 0 Å². The summed E-state index contributed by atoms with van der Waals surface area (Å²) in [6.45, 7) is 1.86. The number of rotatable bonds is 3. The van der Waals surface area contributed by atoms with Crippen LogP contribution in [0.15, 0.2) is 16.6 Å². The zero-order valence-electron chi connectivity index (χ0n) is 9.89. The average molecular weight is 334 g/mol. The second-order valence-corrected chi connectivity index (χ2v) is 5.86. The van der Waals surface area contributed by atoms with Crippen LogP contribution in [0.3, 0.4) is 0 Å². The summed E-state index contributed by atoms with van der Waals surface area (Å²) < 4.78 is 0.772. The minimum absolute atomic E-state index is 0.0315. The van der Waals surface area contributed by atoms with Crippen molar-refractivity contribution < 1.29 is 9.90 Å². The molecular formula is C12H14BrClN2O2. The fourth-order valence-corrected chi connectivity index (χ4v) is 2.33. The number of hydrogen-bond acceptors (Lipinski definition) is 2. The van der Waals surface area contributed by atoms with Gasteiger partial charge in [-0.25, -0.2) is 4.79 Å². The van der Waals surface area contributed by atoms with Gasteiger partial charge in [0.25, 0.3) is 0 Å². The van der Waals surface area contributed by atoms with E-state index >= 15 is 0 Å². The highest BCUT2D eigenvalue weighted by Gasteiger charge is 2.43. The molecule has 3 N–H and O–H groups in total. The van der Waals surface area contributed by atoms with E-state index in [9.17, 15) is 4.79 Å². The number of anilines is 1. The first kappa shape index (κ1) is 13.6. The summed E-state index contributed by atoms with van der Waals surface area (Å²) in [6, 6.07) is 3.21. The van der Waals surface area contributed by atoms with E-state index in [1.54, 1.807) is 6.07 Å². The Balaban J connectivity index is 2.05. The summed E-state index contributed by atoms with van der Waals surface area (Å²) >= 11 is 9.38. The molecule has 1 aliphatic carbocycles. The lowest BCUT2D eigenvalue weighted by atomic mass is 10.2. The Hall–Kier alpha value is -0.780. The maximum atomic E-state index is 11.8. The standard InChI is InChI=1S/C12H14BrClN2O2/c1-7-4-8(13)10(5-9(7)14)15-11(18)16-12(6-17)2-3-12/h4-5,17H,2-3,6H2,1H3,(H2,15,16,18). The number of hydrogen-bond donors (Lipinski definition) is 3. The van der Waals surface area contributed by atoms with E-state index in [-0.39, 0.29) is 12.6 Å². The molecule has 0 bridgehead atoms. The maximum absolute atomic E-state index is 11.8. The van der Waals surface area contributed by atoms with E-state index in [0.29, 0.717) is 10.7 Å². The van der Waals surface area contributed by atoms with Crippen LogP contribution >= 0.6 is 27.5 Å². The highest BCUT2D eigenvalue weighted by atomic mass is 79.9. The lowest BCUT2D eigenvalue weighted by Gasteiger charge is -2.16. The molecule has 0 unspecified atom stereocenters. The third-order valence-electron chi connectivity index (χ3n) is 3.03. The average Bonchev–Trinajstić information content (AvgIpc) is 3.06. The second-order valence-electron chi connectivity index (χ2n) is 4.60. The number of carbonyl (C=O) groups is 1. The van der Waals surface area contributed by atoms with Crippen molar-refractivity contribution in [2.45, 2.75) is 25.3 Å². The van der Waals surface area contributed by atoms with Crippen molar-refractivity contribution in [3.63, 3.8) is 0 Å². The first-order chi connectivity index (χ1) is 8.46. The Labute approximate surface area is 119 Å². The van der Waals surface area contributed by atoms with Crippen LogP contribution in [-0.4, -0.2) is 23.3 Å². The molecule has 1 aromatic carbocycles. The van der Waals surface area contributed by atoms with Crippen molar-refractivity contribution in [3.05, 3.63) is 27.2 Å². The normalized spacial score (nSPS) is 16.2.